The highest BCUT2D eigenvalue weighted by Gasteiger charge is 2.43. The van der Waals surface area contributed by atoms with E-state index in [0.29, 0.717) is 11.8 Å². The zero-order chi connectivity index (χ0) is 24.1. The van der Waals surface area contributed by atoms with Crippen LogP contribution in [0.5, 0.6) is 0 Å². The van der Waals surface area contributed by atoms with E-state index in [-0.39, 0.29) is 6.54 Å². The van der Waals surface area contributed by atoms with E-state index in [9.17, 15) is 35.5 Å². The summed E-state index contributed by atoms with van der Waals surface area (Å²) in [6.07, 6.45) is -4.97. The summed E-state index contributed by atoms with van der Waals surface area (Å²) in [6, 6.07) is 3.69. The summed E-state index contributed by atoms with van der Waals surface area (Å²) in [5, 5.41) is 3.84. The molecule has 0 fully saturated rings. The number of alkyl halides is 3. The third-order valence-electron chi connectivity index (χ3n) is 5.04. The Hall–Kier alpha value is -3.37. The highest BCUT2D eigenvalue weighted by Crippen LogP contribution is 2.40. The van der Waals surface area contributed by atoms with Crippen LogP contribution in [0.4, 0.5) is 30.7 Å². The van der Waals surface area contributed by atoms with Crippen molar-refractivity contribution in [3.05, 3.63) is 75.1 Å². The summed E-state index contributed by atoms with van der Waals surface area (Å²) < 4.78 is 96.7. The molecule has 2 N–H and O–H groups in total. The standard InChI is InChI=1S/C21H16F7N3O/c1-8-4-9(2)12(10(3)5-8)7-31-19(20(29)32)11(6-30-31)13-15(22)17(24)14(21(26,27)28)18(25)16(13)23/h4-6H,7H2,1-3H3,(H2,29,32). The molecule has 0 aliphatic carbocycles. The maximum atomic E-state index is 14.5. The first-order valence-corrected chi connectivity index (χ1v) is 9.11. The summed E-state index contributed by atoms with van der Waals surface area (Å²) in [4.78, 5) is 12.1. The molecule has 0 aliphatic rings. The van der Waals surface area contributed by atoms with Gasteiger partial charge < -0.3 is 5.73 Å². The number of halogens is 7. The van der Waals surface area contributed by atoms with Crippen LogP contribution in [0.1, 0.15) is 38.3 Å². The van der Waals surface area contributed by atoms with E-state index >= 15 is 0 Å². The van der Waals surface area contributed by atoms with Crippen molar-refractivity contribution in [2.75, 3.05) is 0 Å². The average molecular weight is 459 g/mol. The van der Waals surface area contributed by atoms with Crippen LogP contribution in [0.25, 0.3) is 11.1 Å². The van der Waals surface area contributed by atoms with Crippen LogP contribution in [0.15, 0.2) is 18.3 Å². The van der Waals surface area contributed by atoms with Crippen molar-refractivity contribution in [3.63, 3.8) is 0 Å². The SMILES string of the molecule is Cc1cc(C)c(Cn2ncc(-c3c(F)c(F)c(C(F)(F)F)c(F)c3F)c2C(N)=O)c(C)c1. The summed E-state index contributed by atoms with van der Waals surface area (Å²) in [5.74, 6) is -11.2. The van der Waals surface area contributed by atoms with Crippen LogP contribution in [-0.2, 0) is 12.7 Å². The molecule has 0 saturated carbocycles. The van der Waals surface area contributed by atoms with Crippen molar-refractivity contribution >= 4 is 5.91 Å². The second-order valence-electron chi connectivity index (χ2n) is 7.31. The van der Waals surface area contributed by atoms with Gasteiger partial charge in [-0.25, -0.2) is 17.6 Å². The summed E-state index contributed by atoms with van der Waals surface area (Å²) in [6.45, 7) is 5.34. The molecule has 1 amide bonds. The first kappa shape index (κ1) is 23.3. The lowest BCUT2D eigenvalue weighted by Gasteiger charge is -2.15. The van der Waals surface area contributed by atoms with Gasteiger partial charge in [0.25, 0.3) is 5.91 Å². The van der Waals surface area contributed by atoms with Gasteiger partial charge in [-0.15, -0.1) is 0 Å². The molecule has 3 rings (SSSR count). The minimum Gasteiger partial charge on any atom is -0.364 e. The Labute approximate surface area is 177 Å². The van der Waals surface area contributed by atoms with Crippen LogP contribution in [-0.4, -0.2) is 15.7 Å². The first-order valence-electron chi connectivity index (χ1n) is 9.11. The number of carbonyl (C=O) groups is 1. The number of carbonyl (C=O) groups excluding carboxylic acids is 1. The minimum atomic E-state index is -5.69. The van der Waals surface area contributed by atoms with Crippen molar-refractivity contribution in [1.29, 1.82) is 0 Å². The third kappa shape index (κ3) is 3.82. The zero-order valence-corrected chi connectivity index (χ0v) is 17.0. The molecule has 0 spiro atoms. The van der Waals surface area contributed by atoms with Crippen LogP contribution >= 0.6 is 0 Å². The lowest BCUT2D eigenvalue weighted by Crippen LogP contribution is -2.21. The summed E-state index contributed by atoms with van der Waals surface area (Å²) in [5.41, 5.74) is 2.95. The second-order valence-corrected chi connectivity index (χ2v) is 7.31. The molecule has 32 heavy (non-hydrogen) atoms. The number of aromatic nitrogens is 2. The second kappa shape index (κ2) is 7.95. The molecule has 0 atom stereocenters. The Bertz CT molecular complexity index is 1190. The highest BCUT2D eigenvalue weighted by atomic mass is 19.4. The van der Waals surface area contributed by atoms with Gasteiger partial charge in [-0.3, -0.25) is 9.48 Å². The number of hydrogen-bond donors (Lipinski definition) is 1. The fraction of sp³-hybridized carbons (Fsp3) is 0.238. The lowest BCUT2D eigenvalue weighted by molar-refractivity contribution is -0.143. The average Bonchev–Trinajstić information content (AvgIpc) is 3.06. The maximum Gasteiger partial charge on any atom is 0.422 e. The van der Waals surface area contributed by atoms with E-state index in [1.54, 1.807) is 13.8 Å². The maximum absolute atomic E-state index is 14.5. The lowest BCUT2D eigenvalue weighted by atomic mass is 9.99. The van der Waals surface area contributed by atoms with E-state index in [1.165, 1.54) is 0 Å². The van der Waals surface area contributed by atoms with Gasteiger partial charge in [0.2, 0.25) is 0 Å². The van der Waals surface area contributed by atoms with Crippen LogP contribution in [0.2, 0.25) is 0 Å². The van der Waals surface area contributed by atoms with Gasteiger partial charge >= 0.3 is 6.18 Å². The number of rotatable bonds is 4. The van der Waals surface area contributed by atoms with Crippen molar-refractivity contribution in [2.24, 2.45) is 5.73 Å². The van der Waals surface area contributed by atoms with Gasteiger partial charge in [0.05, 0.1) is 18.3 Å². The number of nitrogens with zero attached hydrogens (tertiary/aromatic N) is 2. The van der Waals surface area contributed by atoms with Gasteiger partial charge in [-0.05, 0) is 37.5 Å². The molecule has 0 radical (unpaired) electrons. The Morgan fingerprint density at radius 3 is 1.91 bits per heavy atom. The Kier molecular flexibility index (Phi) is 5.79. The molecule has 0 unspecified atom stereocenters. The van der Waals surface area contributed by atoms with E-state index in [1.807, 2.05) is 19.1 Å². The van der Waals surface area contributed by atoms with Crippen LogP contribution in [0, 0.1) is 44.0 Å². The molecule has 0 aliphatic heterocycles. The number of benzene rings is 2. The number of amides is 1. The normalized spacial score (nSPS) is 11.8. The van der Waals surface area contributed by atoms with Gasteiger partial charge in [-0.2, -0.15) is 18.3 Å². The molecule has 4 nitrogen and oxygen atoms in total. The molecular formula is C21H16F7N3O. The number of aryl methyl sites for hydroxylation is 3. The first-order chi connectivity index (χ1) is 14.8. The monoisotopic (exact) mass is 459 g/mol. The Morgan fingerprint density at radius 1 is 0.969 bits per heavy atom. The van der Waals surface area contributed by atoms with Gasteiger partial charge in [0.15, 0.2) is 23.3 Å². The van der Waals surface area contributed by atoms with E-state index in [4.69, 9.17) is 5.73 Å². The van der Waals surface area contributed by atoms with Crippen molar-refractivity contribution in [3.8, 4) is 11.1 Å². The highest BCUT2D eigenvalue weighted by molar-refractivity contribution is 5.98. The largest absolute Gasteiger partial charge is 0.422 e. The van der Waals surface area contributed by atoms with Gasteiger partial charge in [0.1, 0.15) is 11.3 Å². The zero-order valence-electron chi connectivity index (χ0n) is 17.0. The molecule has 0 saturated heterocycles. The van der Waals surface area contributed by atoms with E-state index in [0.717, 1.165) is 21.4 Å². The quantitative estimate of drug-likeness (QED) is 0.431. The minimum absolute atomic E-state index is 0.0922. The van der Waals surface area contributed by atoms with Gasteiger partial charge in [0, 0.05) is 5.56 Å². The smallest absolute Gasteiger partial charge is 0.364 e. The predicted octanol–water partition coefficient (Wildman–Crippen LogP) is 5.20. The molecule has 3 aromatic rings. The molecule has 2 aromatic carbocycles. The van der Waals surface area contributed by atoms with Gasteiger partial charge in [-0.1, -0.05) is 17.7 Å². The third-order valence-corrected chi connectivity index (χ3v) is 5.04. The molecule has 11 heteroatoms. The van der Waals surface area contributed by atoms with Crippen LogP contribution in [0.3, 0.4) is 0 Å². The molecule has 1 heterocycles. The topological polar surface area (TPSA) is 60.9 Å². The fourth-order valence-electron chi connectivity index (χ4n) is 3.67. The molecule has 170 valence electrons. The Morgan fingerprint density at radius 2 is 1.47 bits per heavy atom. The van der Waals surface area contributed by atoms with Crippen molar-refractivity contribution in [2.45, 2.75) is 33.5 Å². The fourth-order valence-corrected chi connectivity index (χ4v) is 3.67. The number of primary amides is 1. The molecule has 1 aromatic heterocycles. The molecular weight excluding hydrogens is 443 g/mol. The van der Waals surface area contributed by atoms with Crippen molar-refractivity contribution in [1.82, 2.24) is 9.78 Å². The predicted molar refractivity (Wildman–Crippen MR) is 101 cm³/mol. The van der Waals surface area contributed by atoms with Crippen molar-refractivity contribution < 1.29 is 35.5 Å². The number of hydrogen-bond acceptors (Lipinski definition) is 2. The van der Waals surface area contributed by atoms with Crippen LogP contribution < -0.4 is 5.73 Å². The van der Waals surface area contributed by atoms with E-state index in [2.05, 4.69) is 5.10 Å². The summed E-state index contributed by atoms with van der Waals surface area (Å²) in [7, 11) is 0. The summed E-state index contributed by atoms with van der Waals surface area (Å²) >= 11 is 0. The Balaban J connectivity index is 2.25. The van der Waals surface area contributed by atoms with E-state index < -0.39 is 57.7 Å². The molecule has 0 bridgehead atoms. The number of nitrogens with two attached hydrogens (primary N) is 1.